The number of carbonyl (C=O) groups excluding carboxylic acids is 3. The van der Waals surface area contributed by atoms with E-state index in [-0.39, 0.29) is 6.42 Å². The van der Waals surface area contributed by atoms with E-state index in [9.17, 15) is 14.4 Å². The zero-order chi connectivity index (χ0) is 21.1. The van der Waals surface area contributed by atoms with E-state index >= 15 is 0 Å². The molecule has 3 aromatic rings. The Balaban J connectivity index is 1.90. The molecule has 0 saturated carbocycles. The normalized spacial score (nSPS) is 15.8. The number of nitrogens with zero attached hydrogens (tertiary/aromatic N) is 3. The summed E-state index contributed by atoms with van der Waals surface area (Å²) in [6.45, 7) is 7.84. The fourth-order valence-corrected chi connectivity index (χ4v) is 3.52. The number of hydrogen-bond acceptors (Lipinski definition) is 3. The van der Waals surface area contributed by atoms with Gasteiger partial charge >= 0.3 is 23.4 Å². The van der Waals surface area contributed by atoms with E-state index in [1.54, 1.807) is 84.9 Å². The number of imide groups is 2. The molecule has 0 bridgehead atoms. The standard InChI is InChI=1S/C24H17N3O3/c1-25-24(17-18-11-5-2-6-12-18)21(28)26(19-13-7-3-8-14-19)23(30)27(22(24)29)20-15-9-4-10-16-20/h2-16H,17H2. The van der Waals surface area contributed by atoms with Crippen LogP contribution in [-0.2, 0) is 16.0 Å². The van der Waals surface area contributed by atoms with E-state index < -0.39 is 23.4 Å². The number of anilines is 2. The second-order valence-electron chi connectivity index (χ2n) is 6.87. The SMILES string of the molecule is [C-]#[N+]C1(Cc2ccccc2)C(=O)N(c2ccccc2)C(=O)N(c2ccccc2)C1=O. The third-order valence-corrected chi connectivity index (χ3v) is 5.02. The maximum absolute atomic E-state index is 13.5. The first-order valence-electron chi connectivity index (χ1n) is 9.34. The van der Waals surface area contributed by atoms with Crippen molar-refractivity contribution in [3.8, 4) is 0 Å². The van der Waals surface area contributed by atoms with Gasteiger partial charge in [0.15, 0.2) is 0 Å². The highest BCUT2D eigenvalue weighted by Crippen LogP contribution is 2.35. The van der Waals surface area contributed by atoms with E-state index in [2.05, 4.69) is 4.85 Å². The fraction of sp³-hybridized carbons (Fsp3) is 0.0833. The van der Waals surface area contributed by atoms with Crippen LogP contribution in [0.2, 0.25) is 0 Å². The van der Waals surface area contributed by atoms with Crippen molar-refractivity contribution in [1.82, 2.24) is 0 Å². The number of urea groups is 1. The Morgan fingerprint density at radius 1 is 0.667 bits per heavy atom. The molecule has 4 rings (SSSR count). The molecule has 0 spiro atoms. The summed E-state index contributed by atoms with van der Waals surface area (Å²) < 4.78 is 0. The summed E-state index contributed by atoms with van der Waals surface area (Å²) in [7, 11) is 0. The van der Waals surface area contributed by atoms with E-state index in [4.69, 9.17) is 6.57 Å². The number of hydrogen-bond donors (Lipinski definition) is 0. The Kier molecular flexibility index (Phi) is 4.87. The largest absolute Gasteiger partial charge is 0.390 e. The van der Waals surface area contributed by atoms with Gasteiger partial charge in [0.2, 0.25) is 0 Å². The second-order valence-corrected chi connectivity index (χ2v) is 6.87. The topological polar surface area (TPSA) is 62.1 Å². The van der Waals surface area contributed by atoms with Crippen molar-refractivity contribution in [1.29, 1.82) is 0 Å². The van der Waals surface area contributed by atoms with Crippen molar-refractivity contribution in [3.05, 3.63) is 108 Å². The Hall–Kier alpha value is -4.24. The van der Waals surface area contributed by atoms with Crippen LogP contribution in [0.3, 0.4) is 0 Å². The van der Waals surface area contributed by atoms with Gasteiger partial charge in [-0.2, -0.15) is 0 Å². The van der Waals surface area contributed by atoms with Crippen LogP contribution in [0.5, 0.6) is 0 Å². The minimum Gasteiger partial charge on any atom is -0.289 e. The molecule has 146 valence electrons. The predicted octanol–water partition coefficient (Wildman–Crippen LogP) is 4.09. The van der Waals surface area contributed by atoms with Gasteiger partial charge in [0, 0.05) is 0 Å². The van der Waals surface area contributed by atoms with Crippen LogP contribution in [0.4, 0.5) is 16.2 Å². The van der Waals surface area contributed by atoms with Crippen LogP contribution in [0.25, 0.3) is 4.85 Å². The molecule has 0 unspecified atom stereocenters. The molecule has 1 aliphatic heterocycles. The summed E-state index contributed by atoms with van der Waals surface area (Å²) in [4.78, 5) is 45.8. The maximum Gasteiger partial charge on any atom is 0.390 e. The lowest BCUT2D eigenvalue weighted by Gasteiger charge is -2.37. The number of carbonyl (C=O) groups is 3. The Morgan fingerprint density at radius 3 is 1.47 bits per heavy atom. The van der Waals surface area contributed by atoms with Gasteiger partial charge in [-0.05, 0) is 29.8 Å². The van der Waals surface area contributed by atoms with Crippen molar-refractivity contribution < 1.29 is 14.4 Å². The first kappa shape index (κ1) is 19.1. The summed E-state index contributed by atoms with van der Waals surface area (Å²) in [5.74, 6) is -1.68. The van der Waals surface area contributed by atoms with Gasteiger partial charge in [0.05, 0.1) is 17.8 Å². The number of amides is 4. The van der Waals surface area contributed by atoms with Crippen LogP contribution in [0, 0.1) is 6.57 Å². The third kappa shape index (κ3) is 3.03. The molecule has 1 heterocycles. The highest BCUT2D eigenvalue weighted by molar-refractivity contribution is 6.41. The van der Waals surface area contributed by atoms with Gasteiger partial charge in [-0.25, -0.2) is 21.2 Å². The monoisotopic (exact) mass is 395 g/mol. The molecule has 0 N–H and O–H groups in total. The van der Waals surface area contributed by atoms with Gasteiger partial charge in [-0.15, -0.1) is 0 Å². The molecule has 3 aromatic carbocycles. The molecule has 0 aromatic heterocycles. The van der Waals surface area contributed by atoms with Crippen LogP contribution in [-0.4, -0.2) is 23.4 Å². The van der Waals surface area contributed by atoms with Gasteiger partial charge in [0.1, 0.15) is 0 Å². The first-order chi connectivity index (χ1) is 14.6. The van der Waals surface area contributed by atoms with Gasteiger partial charge in [0.25, 0.3) is 0 Å². The third-order valence-electron chi connectivity index (χ3n) is 5.02. The Morgan fingerprint density at radius 2 is 1.07 bits per heavy atom. The number of barbiturate groups is 1. The van der Waals surface area contributed by atoms with Crippen molar-refractivity contribution in [3.63, 3.8) is 0 Å². The van der Waals surface area contributed by atoms with Crippen molar-refractivity contribution >= 4 is 29.2 Å². The quantitative estimate of drug-likeness (QED) is 0.494. The lowest BCUT2D eigenvalue weighted by atomic mass is 9.86. The van der Waals surface area contributed by atoms with Crippen molar-refractivity contribution in [2.24, 2.45) is 0 Å². The lowest BCUT2D eigenvalue weighted by molar-refractivity contribution is -0.132. The second kappa shape index (κ2) is 7.64. The smallest absolute Gasteiger partial charge is 0.289 e. The predicted molar refractivity (Wildman–Crippen MR) is 113 cm³/mol. The number of benzene rings is 3. The summed E-state index contributed by atoms with van der Waals surface area (Å²) >= 11 is 0. The zero-order valence-corrected chi connectivity index (χ0v) is 15.9. The molecule has 4 amide bonds. The molecule has 1 fully saturated rings. The minimum atomic E-state index is -2.08. The molecule has 6 heteroatoms. The number of rotatable bonds is 4. The average molecular weight is 395 g/mol. The van der Waals surface area contributed by atoms with E-state index in [1.807, 2.05) is 6.07 Å². The molecule has 0 aliphatic carbocycles. The van der Waals surface area contributed by atoms with Crippen molar-refractivity contribution in [2.75, 3.05) is 9.80 Å². The van der Waals surface area contributed by atoms with Gasteiger partial charge in [-0.3, -0.25) is 14.4 Å². The van der Waals surface area contributed by atoms with E-state index in [1.165, 1.54) is 0 Å². The summed E-state index contributed by atoms with van der Waals surface area (Å²) in [5, 5.41) is 0. The highest BCUT2D eigenvalue weighted by Gasteiger charge is 2.64. The molecular weight excluding hydrogens is 378 g/mol. The zero-order valence-electron chi connectivity index (χ0n) is 15.9. The summed E-state index contributed by atoms with van der Waals surface area (Å²) in [6.07, 6.45) is -0.130. The average Bonchev–Trinajstić information content (AvgIpc) is 2.79. The summed E-state index contributed by atoms with van der Waals surface area (Å²) in [6, 6.07) is 24.8. The van der Waals surface area contributed by atoms with Crippen molar-refractivity contribution in [2.45, 2.75) is 12.0 Å². The van der Waals surface area contributed by atoms with Crippen LogP contribution in [0.1, 0.15) is 5.56 Å². The Bertz CT molecular complexity index is 1080. The highest BCUT2D eigenvalue weighted by atomic mass is 16.2. The number of para-hydroxylation sites is 2. The van der Waals surface area contributed by atoms with E-state index in [0.29, 0.717) is 16.9 Å². The molecule has 0 atom stereocenters. The first-order valence-corrected chi connectivity index (χ1v) is 9.34. The molecule has 30 heavy (non-hydrogen) atoms. The molecule has 6 nitrogen and oxygen atoms in total. The van der Waals surface area contributed by atoms with Crippen LogP contribution < -0.4 is 9.80 Å². The van der Waals surface area contributed by atoms with Gasteiger partial charge < -0.3 is 0 Å². The maximum atomic E-state index is 13.5. The molecule has 1 aliphatic rings. The molecule has 1 saturated heterocycles. The molecule has 0 radical (unpaired) electrons. The lowest BCUT2D eigenvalue weighted by Crippen LogP contribution is -2.69. The van der Waals surface area contributed by atoms with Gasteiger partial charge in [-0.1, -0.05) is 66.7 Å². The Labute approximate surface area is 173 Å². The van der Waals surface area contributed by atoms with Crippen LogP contribution >= 0.6 is 0 Å². The van der Waals surface area contributed by atoms with E-state index in [0.717, 1.165) is 9.80 Å². The van der Waals surface area contributed by atoms with Crippen LogP contribution in [0.15, 0.2) is 91.0 Å². The fourth-order valence-electron chi connectivity index (χ4n) is 3.52. The molecular formula is C24H17N3O3. The minimum absolute atomic E-state index is 0.130. The summed E-state index contributed by atoms with van der Waals surface area (Å²) in [5.41, 5.74) is -0.810.